The molecular weight excluding hydrogens is 219 g/mol. The average Bonchev–Trinajstić information content (AvgIpc) is 2.39. The SMILES string of the molecule is NCC(F)C1CN(Cc2ccccc2)CCO1. The molecule has 0 aromatic heterocycles. The van der Waals surface area contributed by atoms with Crippen LogP contribution in [0.5, 0.6) is 0 Å². The molecule has 3 nitrogen and oxygen atoms in total. The number of hydrogen-bond donors (Lipinski definition) is 1. The third kappa shape index (κ3) is 3.49. The van der Waals surface area contributed by atoms with Gasteiger partial charge in [0.15, 0.2) is 0 Å². The number of morpholine rings is 1. The minimum Gasteiger partial charge on any atom is -0.372 e. The molecule has 0 bridgehead atoms. The summed E-state index contributed by atoms with van der Waals surface area (Å²) in [7, 11) is 0. The summed E-state index contributed by atoms with van der Waals surface area (Å²) < 4.78 is 18.9. The Kier molecular flexibility index (Phi) is 4.48. The van der Waals surface area contributed by atoms with Gasteiger partial charge in [0.25, 0.3) is 0 Å². The number of nitrogens with two attached hydrogens (primary N) is 1. The summed E-state index contributed by atoms with van der Waals surface area (Å²) in [6.45, 7) is 2.93. The first kappa shape index (κ1) is 12.5. The number of halogens is 1. The quantitative estimate of drug-likeness (QED) is 0.856. The van der Waals surface area contributed by atoms with Crippen molar-refractivity contribution in [3.8, 4) is 0 Å². The third-order valence-corrected chi connectivity index (χ3v) is 3.06. The molecular formula is C13H19FN2O. The van der Waals surface area contributed by atoms with Gasteiger partial charge in [-0.2, -0.15) is 0 Å². The Hall–Kier alpha value is -0.970. The van der Waals surface area contributed by atoms with Gasteiger partial charge in [0.2, 0.25) is 0 Å². The van der Waals surface area contributed by atoms with E-state index in [4.69, 9.17) is 10.5 Å². The van der Waals surface area contributed by atoms with Gasteiger partial charge in [0.1, 0.15) is 12.3 Å². The number of nitrogens with zero attached hydrogens (tertiary/aromatic N) is 1. The van der Waals surface area contributed by atoms with Crippen molar-refractivity contribution in [3.63, 3.8) is 0 Å². The molecule has 1 aliphatic heterocycles. The summed E-state index contributed by atoms with van der Waals surface area (Å²) in [5.41, 5.74) is 6.57. The predicted molar refractivity (Wildman–Crippen MR) is 65.4 cm³/mol. The maximum Gasteiger partial charge on any atom is 0.140 e. The lowest BCUT2D eigenvalue weighted by Crippen LogP contribution is -2.47. The van der Waals surface area contributed by atoms with Crippen molar-refractivity contribution in [2.24, 2.45) is 5.73 Å². The van der Waals surface area contributed by atoms with Crippen LogP contribution in [0.25, 0.3) is 0 Å². The van der Waals surface area contributed by atoms with E-state index < -0.39 is 6.17 Å². The molecule has 4 heteroatoms. The summed E-state index contributed by atoms with van der Waals surface area (Å²) in [6.07, 6.45) is -1.44. The van der Waals surface area contributed by atoms with Crippen molar-refractivity contribution in [3.05, 3.63) is 35.9 Å². The molecule has 0 aliphatic carbocycles. The van der Waals surface area contributed by atoms with Crippen LogP contribution in [0.4, 0.5) is 4.39 Å². The summed E-state index contributed by atoms with van der Waals surface area (Å²) in [6, 6.07) is 10.2. The van der Waals surface area contributed by atoms with Crippen LogP contribution in [0.2, 0.25) is 0 Å². The van der Waals surface area contributed by atoms with Gasteiger partial charge < -0.3 is 10.5 Å². The normalized spacial score (nSPS) is 23.5. The molecule has 2 rings (SSSR count). The summed E-state index contributed by atoms with van der Waals surface area (Å²) in [5.74, 6) is 0. The van der Waals surface area contributed by atoms with Gasteiger partial charge in [-0.1, -0.05) is 30.3 Å². The maximum atomic E-state index is 13.5. The van der Waals surface area contributed by atoms with Crippen LogP contribution < -0.4 is 5.73 Å². The van der Waals surface area contributed by atoms with Crippen LogP contribution >= 0.6 is 0 Å². The van der Waals surface area contributed by atoms with Crippen LogP contribution in [0.1, 0.15) is 5.56 Å². The highest BCUT2D eigenvalue weighted by Crippen LogP contribution is 2.13. The van der Waals surface area contributed by atoms with Crippen molar-refractivity contribution in [1.82, 2.24) is 4.90 Å². The molecule has 2 atom stereocenters. The number of rotatable bonds is 4. The molecule has 0 amide bonds. The van der Waals surface area contributed by atoms with E-state index in [0.717, 1.165) is 13.1 Å². The fourth-order valence-electron chi connectivity index (χ4n) is 2.09. The van der Waals surface area contributed by atoms with E-state index >= 15 is 0 Å². The fraction of sp³-hybridized carbons (Fsp3) is 0.538. The van der Waals surface area contributed by atoms with E-state index in [1.54, 1.807) is 0 Å². The molecule has 1 saturated heterocycles. The Labute approximate surface area is 101 Å². The van der Waals surface area contributed by atoms with E-state index in [9.17, 15) is 4.39 Å². The Morgan fingerprint density at radius 2 is 2.18 bits per heavy atom. The van der Waals surface area contributed by atoms with Crippen LogP contribution in [-0.2, 0) is 11.3 Å². The average molecular weight is 238 g/mol. The fourth-order valence-corrected chi connectivity index (χ4v) is 2.09. The Bertz CT molecular complexity index is 333. The summed E-state index contributed by atoms with van der Waals surface area (Å²) in [5, 5.41) is 0. The molecule has 1 aromatic carbocycles. The zero-order chi connectivity index (χ0) is 12.1. The van der Waals surface area contributed by atoms with Gasteiger partial charge >= 0.3 is 0 Å². The largest absolute Gasteiger partial charge is 0.372 e. The molecule has 1 heterocycles. The highest BCUT2D eigenvalue weighted by atomic mass is 19.1. The molecule has 2 unspecified atom stereocenters. The summed E-state index contributed by atoms with van der Waals surface area (Å²) in [4.78, 5) is 2.21. The van der Waals surface area contributed by atoms with E-state index in [-0.39, 0.29) is 12.6 Å². The van der Waals surface area contributed by atoms with Gasteiger partial charge in [-0.3, -0.25) is 4.90 Å². The van der Waals surface area contributed by atoms with Gasteiger partial charge in [0.05, 0.1) is 6.61 Å². The number of ether oxygens (including phenoxy) is 1. The molecule has 1 fully saturated rings. The van der Waals surface area contributed by atoms with Crippen LogP contribution in [0, 0.1) is 0 Å². The molecule has 17 heavy (non-hydrogen) atoms. The first-order valence-corrected chi connectivity index (χ1v) is 6.01. The zero-order valence-corrected chi connectivity index (χ0v) is 9.89. The minimum absolute atomic E-state index is 0.0316. The summed E-state index contributed by atoms with van der Waals surface area (Å²) >= 11 is 0. The topological polar surface area (TPSA) is 38.5 Å². The second-order valence-corrected chi connectivity index (χ2v) is 4.38. The van der Waals surface area contributed by atoms with Crippen molar-refractivity contribution in [2.45, 2.75) is 18.8 Å². The lowest BCUT2D eigenvalue weighted by Gasteiger charge is -2.34. The molecule has 94 valence electrons. The maximum absolute atomic E-state index is 13.5. The van der Waals surface area contributed by atoms with Crippen LogP contribution in [0.15, 0.2) is 30.3 Å². The van der Waals surface area contributed by atoms with E-state index in [1.807, 2.05) is 18.2 Å². The van der Waals surface area contributed by atoms with E-state index in [1.165, 1.54) is 5.56 Å². The van der Waals surface area contributed by atoms with Crippen molar-refractivity contribution < 1.29 is 9.13 Å². The molecule has 1 aliphatic rings. The predicted octanol–water partition coefficient (Wildman–Crippen LogP) is 1.18. The second-order valence-electron chi connectivity index (χ2n) is 4.38. The lowest BCUT2D eigenvalue weighted by molar-refractivity contribution is -0.0654. The van der Waals surface area contributed by atoms with Gasteiger partial charge in [-0.25, -0.2) is 4.39 Å². The Morgan fingerprint density at radius 3 is 2.88 bits per heavy atom. The minimum atomic E-state index is -1.06. The molecule has 2 N–H and O–H groups in total. The molecule has 0 spiro atoms. The number of hydrogen-bond acceptors (Lipinski definition) is 3. The van der Waals surface area contributed by atoms with Gasteiger partial charge in [-0.05, 0) is 5.56 Å². The van der Waals surface area contributed by atoms with Crippen molar-refractivity contribution in [1.29, 1.82) is 0 Å². The molecule has 0 radical (unpaired) electrons. The van der Waals surface area contributed by atoms with E-state index in [0.29, 0.717) is 13.2 Å². The Morgan fingerprint density at radius 1 is 1.41 bits per heavy atom. The lowest BCUT2D eigenvalue weighted by atomic mass is 10.1. The van der Waals surface area contributed by atoms with E-state index in [2.05, 4.69) is 17.0 Å². The highest BCUT2D eigenvalue weighted by Gasteiger charge is 2.27. The molecule has 1 aromatic rings. The zero-order valence-electron chi connectivity index (χ0n) is 9.89. The van der Waals surface area contributed by atoms with Crippen LogP contribution in [-0.4, -0.2) is 43.4 Å². The van der Waals surface area contributed by atoms with Crippen molar-refractivity contribution in [2.75, 3.05) is 26.2 Å². The van der Waals surface area contributed by atoms with Gasteiger partial charge in [0, 0.05) is 26.2 Å². The highest BCUT2D eigenvalue weighted by molar-refractivity contribution is 5.14. The standard InChI is InChI=1S/C13H19FN2O/c14-12(8-15)13-10-16(6-7-17-13)9-11-4-2-1-3-5-11/h1-5,12-13H,6-10,15H2. The first-order chi connectivity index (χ1) is 8.29. The third-order valence-electron chi connectivity index (χ3n) is 3.06. The molecule has 0 saturated carbocycles. The van der Waals surface area contributed by atoms with Crippen LogP contribution in [0.3, 0.4) is 0 Å². The smallest absolute Gasteiger partial charge is 0.140 e. The second kappa shape index (κ2) is 6.10. The van der Waals surface area contributed by atoms with Crippen molar-refractivity contribution >= 4 is 0 Å². The monoisotopic (exact) mass is 238 g/mol. The number of benzene rings is 1. The Balaban J connectivity index is 1.89. The number of alkyl halides is 1. The first-order valence-electron chi connectivity index (χ1n) is 6.01. The van der Waals surface area contributed by atoms with Gasteiger partial charge in [-0.15, -0.1) is 0 Å².